The number of para-hydroxylation sites is 3. The minimum absolute atomic E-state index is 0.296. The van der Waals surface area contributed by atoms with Gasteiger partial charge in [0.25, 0.3) is 0 Å². The molecule has 0 aliphatic carbocycles. The number of phosphoric ester groups is 1. The second kappa shape index (κ2) is 7.31. The van der Waals surface area contributed by atoms with Crippen LogP contribution in [0.1, 0.15) is 0 Å². The van der Waals surface area contributed by atoms with Crippen LogP contribution in [0.4, 0.5) is 0 Å². The average Bonchev–Trinajstić information content (AvgIpc) is 2.98. The van der Waals surface area contributed by atoms with E-state index in [4.69, 9.17) is 13.7 Å². The first-order chi connectivity index (χ1) is 13.1. The zero-order valence-electron chi connectivity index (χ0n) is 13.9. The van der Waals surface area contributed by atoms with Gasteiger partial charge in [-0.05, 0) is 36.4 Å². The number of hydrogen-bond acceptors (Lipinski definition) is 6. The summed E-state index contributed by atoms with van der Waals surface area (Å²) in [6.07, 6.45) is 0. The SMILES string of the molecule is O=c1sc2ccccc2n1OP(=O)(Oc1ccccc1)Oc1ccccc1. The molecule has 4 rings (SSSR count). The summed E-state index contributed by atoms with van der Waals surface area (Å²) in [6.45, 7) is 0. The summed E-state index contributed by atoms with van der Waals surface area (Å²) in [7, 11) is -4.21. The minimum atomic E-state index is -4.21. The fourth-order valence-electron chi connectivity index (χ4n) is 2.40. The average molecular weight is 399 g/mol. The second-order valence-corrected chi connectivity index (χ2v) is 7.88. The van der Waals surface area contributed by atoms with E-state index in [-0.39, 0.29) is 0 Å². The van der Waals surface area contributed by atoms with Crippen molar-refractivity contribution in [2.45, 2.75) is 0 Å². The first-order valence-corrected chi connectivity index (χ1v) is 10.3. The van der Waals surface area contributed by atoms with E-state index in [1.54, 1.807) is 78.9 Å². The smallest absolute Gasteiger partial charge is 0.385 e. The molecule has 0 fully saturated rings. The summed E-state index contributed by atoms with van der Waals surface area (Å²) in [4.78, 5) is 11.9. The van der Waals surface area contributed by atoms with Gasteiger partial charge in [0, 0.05) is 0 Å². The normalized spacial score (nSPS) is 11.3. The molecular weight excluding hydrogens is 385 g/mol. The van der Waals surface area contributed by atoms with Crippen LogP contribution < -0.4 is 18.5 Å². The lowest BCUT2D eigenvalue weighted by atomic mass is 10.3. The summed E-state index contributed by atoms with van der Waals surface area (Å²) >= 11 is 0.982. The summed E-state index contributed by atoms with van der Waals surface area (Å²) in [5.41, 5.74) is 0.487. The molecule has 0 amide bonds. The standard InChI is InChI=1S/C19H14NO5PS/c21-19-20(17-13-7-8-14-18(17)27-19)25-26(22,23-15-9-3-1-4-10-15)24-16-11-5-2-6-12-16/h1-14H. The first kappa shape index (κ1) is 17.4. The molecule has 8 heteroatoms. The maximum atomic E-state index is 13.4. The third-order valence-electron chi connectivity index (χ3n) is 3.55. The third kappa shape index (κ3) is 3.89. The molecule has 0 radical (unpaired) electrons. The molecule has 0 unspecified atom stereocenters. The van der Waals surface area contributed by atoms with Gasteiger partial charge in [-0.15, -0.1) is 4.73 Å². The van der Waals surface area contributed by atoms with Crippen molar-refractivity contribution in [3.8, 4) is 11.5 Å². The minimum Gasteiger partial charge on any atom is -0.385 e. The van der Waals surface area contributed by atoms with Crippen LogP contribution in [0.15, 0.2) is 89.7 Å². The largest absolute Gasteiger partial charge is 0.666 e. The molecule has 0 bridgehead atoms. The Kier molecular flexibility index (Phi) is 4.71. The van der Waals surface area contributed by atoms with E-state index >= 15 is 0 Å². The highest BCUT2D eigenvalue weighted by Gasteiger charge is 2.35. The Morgan fingerprint density at radius 2 is 1.26 bits per heavy atom. The number of thiazole rings is 1. The molecule has 0 saturated carbocycles. The van der Waals surface area contributed by atoms with E-state index in [9.17, 15) is 9.36 Å². The van der Waals surface area contributed by atoms with Crippen LogP contribution in [0.2, 0.25) is 0 Å². The Morgan fingerprint density at radius 1 is 0.741 bits per heavy atom. The quantitative estimate of drug-likeness (QED) is 0.438. The van der Waals surface area contributed by atoms with Gasteiger partial charge >= 0.3 is 12.7 Å². The fourth-order valence-corrected chi connectivity index (χ4v) is 4.49. The zero-order chi connectivity index (χ0) is 18.7. The van der Waals surface area contributed by atoms with Gasteiger partial charge in [0.1, 0.15) is 17.0 Å². The van der Waals surface area contributed by atoms with Crippen molar-refractivity contribution < 1.29 is 18.2 Å². The van der Waals surface area contributed by atoms with Gasteiger partial charge in [0.05, 0.1) is 4.70 Å². The van der Waals surface area contributed by atoms with Crippen molar-refractivity contribution in [2.24, 2.45) is 0 Å². The molecule has 0 N–H and O–H groups in total. The molecule has 1 aromatic heterocycles. The molecular formula is C19H14NO5PS. The topological polar surface area (TPSA) is 66.8 Å². The number of hydrogen-bond donors (Lipinski definition) is 0. The fraction of sp³-hybridized carbons (Fsp3) is 0. The zero-order valence-corrected chi connectivity index (χ0v) is 15.6. The third-order valence-corrected chi connectivity index (χ3v) is 5.69. The molecule has 1 heterocycles. The molecule has 0 saturated heterocycles. The van der Waals surface area contributed by atoms with Crippen molar-refractivity contribution in [3.63, 3.8) is 0 Å². The number of phosphoric acid groups is 1. The van der Waals surface area contributed by atoms with Gasteiger partial charge < -0.3 is 9.05 Å². The number of rotatable bonds is 6. The van der Waals surface area contributed by atoms with E-state index < -0.39 is 12.7 Å². The molecule has 3 aromatic carbocycles. The van der Waals surface area contributed by atoms with Gasteiger partial charge in [-0.2, -0.15) is 4.57 Å². The van der Waals surface area contributed by atoms with Crippen molar-refractivity contribution >= 4 is 29.4 Å². The molecule has 0 aliphatic rings. The van der Waals surface area contributed by atoms with Crippen LogP contribution in [0, 0.1) is 0 Å². The Labute approximate surface area is 158 Å². The van der Waals surface area contributed by atoms with Gasteiger partial charge in [-0.3, -0.25) is 9.42 Å². The summed E-state index contributed by atoms with van der Waals surface area (Å²) in [6, 6.07) is 24.1. The predicted octanol–water partition coefficient (Wildman–Crippen LogP) is 4.76. The molecule has 0 spiro atoms. The van der Waals surface area contributed by atoms with Gasteiger partial charge in [0.15, 0.2) is 0 Å². The number of fused-ring (bicyclic) bond motifs is 1. The van der Waals surface area contributed by atoms with Gasteiger partial charge in [-0.1, -0.05) is 59.9 Å². The van der Waals surface area contributed by atoms with Crippen LogP contribution in [-0.2, 0) is 4.57 Å². The molecule has 6 nitrogen and oxygen atoms in total. The van der Waals surface area contributed by atoms with E-state index in [0.717, 1.165) is 16.1 Å². The summed E-state index contributed by atoms with van der Waals surface area (Å²) in [5.74, 6) is 0.591. The summed E-state index contributed by atoms with van der Waals surface area (Å²) < 4.78 is 31.6. The second-order valence-electron chi connectivity index (χ2n) is 5.47. The number of benzene rings is 3. The highest BCUT2D eigenvalue weighted by atomic mass is 32.1. The molecule has 136 valence electrons. The van der Waals surface area contributed by atoms with Crippen LogP contribution in [-0.4, -0.2) is 4.73 Å². The predicted molar refractivity (Wildman–Crippen MR) is 104 cm³/mol. The maximum absolute atomic E-state index is 13.4. The van der Waals surface area contributed by atoms with Crippen LogP contribution in [0.25, 0.3) is 10.2 Å². The Hall–Kier alpha value is -3.02. The molecule has 0 atom stereocenters. The molecule has 0 aliphatic heterocycles. The first-order valence-electron chi connectivity index (χ1n) is 8.03. The van der Waals surface area contributed by atoms with Gasteiger partial charge in [-0.25, -0.2) is 0 Å². The lowest BCUT2D eigenvalue weighted by Crippen LogP contribution is -2.23. The number of aromatic nitrogens is 1. The van der Waals surface area contributed by atoms with E-state index in [0.29, 0.717) is 21.7 Å². The summed E-state index contributed by atoms with van der Waals surface area (Å²) in [5, 5.41) is 0. The van der Waals surface area contributed by atoms with E-state index in [1.165, 1.54) is 0 Å². The highest BCUT2D eigenvalue weighted by molar-refractivity contribution is 7.49. The lowest BCUT2D eigenvalue weighted by Gasteiger charge is -2.19. The Morgan fingerprint density at radius 3 is 1.85 bits per heavy atom. The van der Waals surface area contributed by atoms with E-state index in [2.05, 4.69) is 0 Å². The Bertz CT molecular complexity index is 1110. The highest BCUT2D eigenvalue weighted by Crippen LogP contribution is 2.47. The van der Waals surface area contributed by atoms with Crippen molar-refractivity contribution in [1.29, 1.82) is 0 Å². The maximum Gasteiger partial charge on any atom is 0.666 e. The van der Waals surface area contributed by atoms with Crippen LogP contribution in [0.5, 0.6) is 11.5 Å². The monoisotopic (exact) mass is 399 g/mol. The lowest BCUT2D eigenvalue weighted by molar-refractivity contribution is 0.193. The van der Waals surface area contributed by atoms with Crippen LogP contribution >= 0.6 is 19.2 Å². The number of nitrogens with zero attached hydrogens (tertiary/aromatic N) is 1. The van der Waals surface area contributed by atoms with Crippen LogP contribution in [0.3, 0.4) is 0 Å². The molecule has 27 heavy (non-hydrogen) atoms. The van der Waals surface area contributed by atoms with Crippen molar-refractivity contribution in [1.82, 2.24) is 4.73 Å². The molecule has 4 aromatic rings. The van der Waals surface area contributed by atoms with Gasteiger partial charge in [0.2, 0.25) is 0 Å². The Balaban J connectivity index is 1.74. The van der Waals surface area contributed by atoms with Crippen molar-refractivity contribution in [2.75, 3.05) is 0 Å². The van der Waals surface area contributed by atoms with E-state index in [1.807, 2.05) is 6.07 Å². The van der Waals surface area contributed by atoms with Crippen molar-refractivity contribution in [3.05, 3.63) is 94.6 Å².